The largest absolute Gasteiger partial charge is 0.464 e. The SMILES string of the molecule is COC(=O)c1cc(-c2cccc(C(=O)NC(C)C)c2)n(Cc2ccccc2Cl)n1. The van der Waals surface area contributed by atoms with Crippen LogP contribution < -0.4 is 5.32 Å². The van der Waals surface area contributed by atoms with E-state index in [0.717, 1.165) is 11.1 Å². The minimum atomic E-state index is -0.530. The fourth-order valence-corrected chi connectivity index (χ4v) is 3.12. The second-order valence-electron chi connectivity index (χ2n) is 6.86. The molecule has 0 fully saturated rings. The Kier molecular flexibility index (Phi) is 6.34. The zero-order valence-electron chi connectivity index (χ0n) is 16.5. The number of nitrogens with one attached hydrogen (secondary N) is 1. The van der Waals surface area contributed by atoms with Gasteiger partial charge in [-0.25, -0.2) is 4.79 Å². The van der Waals surface area contributed by atoms with Gasteiger partial charge >= 0.3 is 5.97 Å². The average Bonchev–Trinajstić information content (AvgIpc) is 3.12. The number of esters is 1. The molecular formula is C22H22ClN3O3. The van der Waals surface area contributed by atoms with Gasteiger partial charge < -0.3 is 10.1 Å². The van der Waals surface area contributed by atoms with Crippen molar-refractivity contribution in [2.75, 3.05) is 7.11 Å². The molecule has 1 heterocycles. The van der Waals surface area contributed by atoms with Gasteiger partial charge in [0, 0.05) is 22.2 Å². The number of rotatable bonds is 6. The number of nitrogens with zero attached hydrogens (tertiary/aromatic N) is 2. The second-order valence-corrected chi connectivity index (χ2v) is 7.27. The summed E-state index contributed by atoms with van der Waals surface area (Å²) in [5.41, 5.74) is 3.03. The second kappa shape index (κ2) is 8.92. The number of carbonyl (C=O) groups excluding carboxylic acids is 2. The molecule has 29 heavy (non-hydrogen) atoms. The van der Waals surface area contributed by atoms with E-state index in [1.54, 1.807) is 35.0 Å². The normalized spacial score (nSPS) is 10.8. The first-order valence-corrected chi connectivity index (χ1v) is 9.57. The van der Waals surface area contributed by atoms with E-state index in [1.807, 2.05) is 38.1 Å². The highest BCUT2D eigenvalue weighted by molar-refractivity contribution is 6.31. The van der Waals surface area contributed by atoms with Gasteiger partial charge in [0.15, 0.2) is 5.69 Å². The van der Waals surface area contributed by atoms with Crippen LogP contribution in [0.3, 0.4) is 0 Å². The van der Waals surface area contributed by atoms with Gasteiger partial charge in [-0.2, -0.15) is 5.10 Å². The summed E-state index contributed by atoms with van der Waals surface area (Å²) >= 11 is 6.30. The number of hydrogen-bond acceptors (Lipinski definition) is 4. The highest BCUT2D eigenvalue weighted by Crippen LogP contribution is 2.25. The minimum Gasteiger partial charge on any atom is -0.464 e. The molecular weight excluding hydrogens is 390 g/mol. The number of benzene rings is 2. The molecule has 3 rings (SSSR count). The van der Waals surface area contributed by atoms with Crippen molar-refractivity contribution in [3.63, 3.8) is 0 Å². The van der Waals surface area contributed by atoms with Crippen molar-refractivity contribution in [2.24, 2.45) is 0 Å². The number of halogens is 1. The Bertz CT molecular complexity index is 1040. The first-order valence-electron chi connectivity index (χ1n) is 9.20. The maximum Gasteiger partial charge on any atom is 0.358 e. The van der Waals surface area contributed by atoms with Crippen molar-refractivity contribution in [3.8, 4) is 11.3 Å². The van der Waals surface area contributed by atoms with E-state index >= 15 is 0 Å². The molecule has 6 nitrogen and oxygen atoms in total. The molecule has 0 unspecified atom stereocenters. The lowest BCUT2D eigenvalue weighted by Gasteiger charge is -2.11. The monoisotopic (exact) mass is 411 g/mol. The molecule has 0 aliphatic carbocycles. The molecule has 150 valence electrons. The van der Waals surface area contributed by atoms with Gasteiger partial charge in [-0.3, -0.25) is 9.48 Å². The Balaban J connectivity index is 2.04. The van der Waals surface area contributed by atoms with E-state index < -0.39 is 5.97 Å². The van der Waals surface area contributed by atoms with Crippen molar-refractivity contribution >= 4 is 23.5 Å². The summed E-state index contributed by atoms with van der Waals surface area (Å²) < 4.78 is 6.50. The van der Waals surface area contributed by atoms with Gasteiger partial charge in [-0.05, 0) is 43.7 Å². The van der Waals surface area contributed by atoms with Crippen LogP contribution in [0.5, 0.6) is 0 Å². The standard InChI is InChI=1S/C22H22ClN3O3/c1-14(2)24-21(27)16-9-6-8-15(11-16)20-12-19(22(28)29-3)25-26(20)13-17-7-4-5-10-18(17)23/h4-12,14H,13H2,1-3H3,(H,24,27). The summed E-state index contributed by atoms with van der Waals surface area (Å²) in [5, 5.41) is 7.89. The summed E-state index contributed by atoms with van der Waals surface area (Å²) in [6.45, 7) is 4.18. The van der Waals surface area contributed by atoms with Crippen LogP contribution in [0.1, 0.15) is 40.3 Å². The van der Waals surface area contributed by atoms with Crippen LogP contribution in [0.15, 0.2) is 54.6 Å². The molecule has 0 aliphatic rings. The van der Waals surface area contributed by atoms with Crippen LogP contribution >= 0.6 is 11.6 Å². The van der Waals surface area contributed by atoms with E-state index in [-0.39, 0.29) is 17.6 Å². The molecule has 0 spiro atoms. The van der Waals surface area contributed by atoms with Gasteiger partial charge in [-0.15, -0.1) is 0 Å². The van der Waals surface area contributed by atoms with E-state index in [0.29, 0.717) is 22.8 Å². The zero-order valence-corrected chi connectivity index (χ0v) is 17.2. The van der Waals surface area contributed by atoms with Crippen LogP contribution in [0.4, 0.5) is 0 Å². The maximum absolute atomic E-state index is 12.4. The number of ether oxygens (including phenoxy) is 1. The first kappa shape index (κ1) is 20.6. The minimum absolute atomic E-state index is 0.0304. The molecule has 0 aliphatic heterocycles. The molecule has 1 amide bonds. The Morgan fingerprint density at radius 1 is 1.14 bits per heavy atom. The third-order valence-corrected chi connectivity index (χ3v) is 4.66. The van der Waals surface area contributed by atoms with E-state index in [4.69, 9.17) is 16.3 Å². The Labute approximate surface area is 174 Å². The van der Waals surface area contributed by atoms with Gasteiger partial charge in [0.2, 0.25) is 0 Å². The molecule has 7 heteroatoms. The fourth-order valence-electron chi connectivity index (χ4n) is 2.93. The molecule has 2 aromatic carbocycles. The number of carbonyl (C=O) groups is 2. The predicted molar refractivity (Wildman–Crippen MR) is 112 cm³/mol. The number of aromatic nitrogens is 2. The lowest BCUT2D eigenvalue weighted by molar-refractivity contribution is 0.0593. The average molecular weight is 412 g/mol. The summed E-state index contributed by atoms with van der Waals surface area (Å²) in [4.78, 5) is 24.4. The lowest BCUT2D eigenvalue weighted by Crippen LogP contribution is -2.30. The summed E-state index contributed by atoms with van der Waals surface area (Å²) in [6, 6.07) is 16.3. The maximum atomic E-state index is 12.4. The van der Waals surface area contributed by atoms with Gasteiger partial charge in [0.1, 0.15) is 0 Å². The predicted octanol–water partition coefficient (Wildman–Crippen LogP) is 4.18. The van der Waals surface area contributed by atoms with Crippen LogP contribution in [0, 0.1) is 0 Å². The van der Waals surface area contributed by atoms with Gasteiger partial charge in [0.05, 0.1) is 19.3 Å². The fraction of sp³-hybridized carbons (Fsp3) is 0.227. The third kappa shape index (κ3) is 4.84. The molecule has 0 atom stereocenters. The van der Waals surface area contributed by atoms with Crippen molar-refractivity contribution in [3.05, 3.63) is 76.4 Å². The molecule has 0 bridgehead atoms. The van der Waals surface area contributed by atoms with Crippen LogP contribution in [-0.4, -0.2) is 34.8 Å². The van der Waals surface area contributed by atoms with Crippen molar-refractivity contribution in [1.82, 2.24) is 15.1 Å². The van der Waals surface area contributed by atoms with Gasteiger partial charge in [0.25, 0.3) is 5.91 Å². The van der Waals surface area contributed by atoms with E-state index in [1.165, 1.54) is 7.11 Å². The summed E-state index contributed by atoms with van der Waals surface area (Å²) in [7, 11) is 1.31. The smallest absolute Gasteiger partial charge is 0.358 e. The highest BCUT2D eigenvalue weighted by atomic mass is 35.5. The topological polar surface area (TPSA) is 73.2 Å². The van der Waals surface area contributed by atoms with Crippen LogP contribution in [0.2, 0.25) is 5.02 Å². The van der Waals surface area contributed by atoms with Crippen molar-refractivity contribution in [1.29, 1.82) is 0 Å². The van der Waals surface area contributed by atoms with E-state index in [2.05, 4.69) is 10.4 Å². The Morgan fingerprint density at radius 2 is 1.90 bits per heavy atom. The Morgan fingerprint density at radius 3 is 2.59 bits per heavy atom. The van der Waals surface area contributed by atoms with Crippen molar-refractivity contribution in [2.45, 2.75) is 26.4 Å². The van der Waals surface area contributed by atoms with Crippen molar-refractivity contribution < 1.29 is 14.3 Å². The molecule has 1 N–H and O–H groups in total. The summed E-state index contributed by atoms with van der Waals surface area (Å²) in [6.07, 6.45) is 0. The van der Waals surface area contributed by atoms with E-state index in [9.17, 15) is 9.59 Å². The quantitative estimate of drug-likeness (QED) is 0.617. The third-order valence-electron chi connectivity index (χ3n) is 4.29. The molecule has 0 saturated heterocycles. The van der Waals surface area contributed by atoms with Crippen LogP contribution in [0.25, 0.3) is 11.3 Å². The molecule has 0 radical (unpaired) electrons. The highest BCUT2D eigenvalue weighted by Gasteiger charge is 2.18. The molecule has 1 aromatic heterocycles. The number of amides is 1. The number of methoxy groups -OCH3 is 1. The van der Waals surface area contributed by atoms with Gasteiger partial charge in [-0.1, -0.05) is 41.9 Å². The van der Waals surface area contributed by atoms with Crippen LogP contribution in [-0.2, 0) is 11.3 Å². The first-order chi connectivity index (χ1) is 13.9. The molecule has 0 saturated carbocycles. The zero-order chi connectivity index (χ0) is 21.0. The number of hydrogen-bond donors (Lipinski definition) is 1. The lowest BCUT2D eigenvalue weighted by atomic mass is 10.1. The Hall–Kier alpha value is -3.12. The molecule has 3 aromatic rings. The summed E-state index contributed by atoms with van der Waals surface area (Å²) in [5.74, 6) is -0.690.